The van der Waals surface area contributed by atoms with E-state index >= 15 is 0 Å². The van der Waals surface area contributed by atoms with Gasteiger partial charge in [0.1, 0.15) is 23.3 Å². The summed E-state index contributed by atoms with van der Waals surface area (Å²) in [4.78, 5) is 0. The van der Waals surface area contributed by atoms with Gasteiger partial charge in [-0.15, -0.1) is 0 Å². The fraction of sp³-hybridized carbons (Fsp3) is 0.222. The highest BCUT2D eigenvalue weighted by Crippen LogP contribution is 2.31. The average Bonchev–Trinajstić information content (AvgIpc) is 2.79. The second-order valence-corrected chi connectivity index (χ2v) is 5.44. The molecule has 0 aliphatic rings. The maximum Gasteiger partial charge on any atom is 0.137 e. The Kier molecular flexibility index (Phi) is 3.52. The van der Waals surface area contributed by atoms with Crippen LogP contribution in [0.3, 0.4) is 0 Å². The zero-order valence-corrected chi connectivity index (χ0v) is 12.1. The lowest BCUT2D eigenvalue weighted by Gasteiger charge is -2.09. The summed E-state index contributed by atoms with van der Waals surface area (Å²) in [5.74, 6) is 0.210. The van der Waals surface area contributed by atoms with Gasteiger partial charge in [-0.1, -0.05) is 29.8 Å². The molecule has 0 saturated carbocycles. The molecule has 0 aliphatic heterocycles. The summed E-state index contributed by atoms with van der Waals surface area (Å²) >= 11 is 0. The van der Waals surface area contributed by atoms with Crippen LogP contribution in [0.1, 0.15) is 28.6 Å². The number of halogens is 1. The van der Waals surface area contributed by atoms with E-state index in [4.69, 9.17) is 4.42 Å². The molecule has 0 saturated heterocycles. The molecule has 1 N–H and O–H groups in total. The van der Waals surface area contributed by atoms with Crippen molar-refractivity contribution in [2.45, 2.75) is 26.4 Å². The van der Waals surface area contributed by atoms with Crippen LogP contribution < -0.4 is 0 Å². The predicted molar refractivity (Wildman–Crippen MR) is 80.8 cm³/mol. The quantitative estimate of drug-likeness (QED) is 0.770. The minimum absolute atomic E-state index is 0.300. The Morgan fingerprint density at radius 1 is 1.10 bits per heavy atom. The molecule has 1 heterocycles. The lowest BCUT2D eigenvalue weighted by Crippen LogP contribution is -2.02. The molecule has 0 spiro atoms. The number of fused-ring (bicyclic) bond motifs is 1. The Hall–Kier alpha value is -2.13. The van der Waals surface area contributed by atoms with Crippen LogP contribution in [0.15, 0.2) is 46.9 Å². The van der Waals surface area contributed by atoms with Crippen LogP contribution >= 0.6 is 0 Å². The number of hydrogen-bond acceptors (Lipinski definition) is 2. The van der Waals surface area contributed by atoms with Crippen LogP contribution in [0, 0.1) is 19.7 Å². The molecule has 108 valence electrons. The Labute approximate surface area is 122 Å². The highest BCUT2D eigenvalue weighted by atomic mass is 19.1. The molecule has 2 nitrogen and oxygen atoms in total. The van der Waals surface area contributed by atoms with Gasteiger partial charge in [-0.2, -0.15) is 0 Å². The van der Waals surface area contributed by atoms with Gasteiger partial charge in [0.2, 0.25) is 0 Å². The van der Waals surface area contributed by atoms with Gasteiger partial charge >= 0.3 is 0 Å². The van der Waals surface area contributed by atoms with Crippen molar-refractivity contribution in [3.8, 4) is 0 Å². The fourth-order valence-electron chi connectivity index (χ4n) is 2.57. The van der Waals surface area contributed by atoms with Crippen molar-refractivity contribution < 1.29 is 13.9 Å². The Bertz CT molecular complexity index is 772. The molecule has 0 bridgehead atoms. The first-order valence-electron chi connectivity index (χ1n) is 6.97. The molecule has 21 heavy (non-hydrogen) atoms. The van der Waals surface area contributed by atoms with Crippen molar-refractivity contribution in [2.24, 2.45) is 0 Å². The van der Waals surface area contributed by atoms with Gasteiger partial charge in [0.05, 0.1) is 0 Å². The number of rotatable bonds is 3. The van der Waals surface area contributed by atoms with Crippen LogP contribution in [0.4, 0.5) is 4.39 Å². The van der Waals surface area contributed by atoms with Gasteiger partial charge in [0.15, 0.2) is 0 Å². The van der Waals surface area contributed by atoms with Gasteiger partial charge in [-0.3, -0.25) is 0 Å². The molecule has 3 rings (SSSR count). The minimum Gasteiger partial charge on any atom is -0.458 e. The van der Waals surface area contributed by atoms with Crippen LogP contribution in [0.2, 0.25) is 0 Å². The van der Waals surface area contributed by atoms with E-state index in [0.717, 1.165) is 11.1 Å². The van der Waals surface area contributed by atoms with Gasteiger partial charge in [-0.05, 0) is 37.6 Å². The van der Waals surface area contributed by atoms with Crippen molar-refractivity contribution in [1.82, 2.24) is 0 Å². The largest absolute Gasteiger partial charge is 0.458 e. The molecular formula is C18H17FO2. The summed E-state index contributed by atoms with van der Waals surface area (Å²) in [6.07, 6.45) is -0.258. The normalized spacial score (nSPS) is 12.8. The predicted octanol–water partition coefficient (Wildman–Crippen LogP) is 4.46. The van der Waals surface area contributed by atoms with E-state index in [1.807, 2.05) is 38.1 Å². The molecule has 3 heteroatoms. The summed E-state index contributed by atoms with van der Waals surface area (Å²) in [6, 6.07) is 12.4. The topological polar surface area (TPSA) is 33.4 Å². The first kappa shape index (κ1) is 13.8. The molecule has 3 aromatic rings. The summed E-state index contributed by atoms with van der Waals surface area (Å²) in [5, 5.41) is 11.1. The van der Waals surface area contributed by atoms with Crippen molar-refractivity contribution in [1.29, 1.82) is 0 Å². The summed E-state index contributed by atoms with van der Waals surface area (Å²) in [5.41, 5.74) is 3.62. The van der Waals surface area contributed by atoms with E-state index in [1.165, 1.54) is 17.7 Å². The molecule has 1 atom stereocenters. The number of hydrogen-bond donors (Lipinski definition) is 1. The first-order chi connectivity index (χ1) is 10.0. The molecule has 1 aromatic heterocycles. The number of furan rings is 1. The Morgan fingerprint density at radius 2 is 1.81 bits per heavy atom. The minimum atomic E-state index is -0.733. The molecule has 2 aromatic carbocycles. The van der Waals surface area contributed by atoms with Crippen molar-refractivity contribution >= 4 is 11.0 Å². The standard InChI is InChI=1S/C18H17FO2/c1-11-3-5-13(6-4-11)9-16(20)18-12(2)15-10-14(19)7-8-17(15)21-18/h3-8,10,16,20H,9H2,1-2H3. The van der Waals surface area contributed by atoms with Gasteiger partial charge in [0, 0.05) is 17.4 Å². The average molecular weight is 284 g/mol. The number of aryl methyl sites for hydroxylation is 2. The first-order valence-corrected chi connectivity index (χ1v) is 6.97. The maximum absolute atomic E-state index is 13.3. The fourth-order valence-corrected chi connectivity index (χ4v) is 2.57. The zero-order chi connectivity index (χ0) is 15.0. The summed E-state index contributed by atoms with van der Waals surface area (Å²) in [7, 11) is 0. The molecule has 0 aliphatic carbocycles. The van der Waals surface area contributed by atoms with E-state index in [0.29, 0.717) is 23.2 Å². The van der Waals surface area contributed by atoms with Crippen LogP contribution in [-0.2, 0) is 6.42 Å². The van der Waals surface area contributed by atoms with Gasteiger partial charge < -0.3 is 9.52 Å². The Balaban J connectivity index is 1.92. The lowest BCUT2D eigenvalue weighted by atomic mass is 10.0. The monoisotopic (exact) mass is 284 g/mol. The molecule has 0 fully saturated rings. The van der Waals surface area contributed by atoms with Crippen molar-refractivity contribution in [3.63, 3.8) is 0 Å². The van der Waals surface area contributed by atoms with E-state index in [-0.39, 0.29) is 5.82 Å². The molecule has 0 radical (unpaired) electrons. The third-order valence-corrected chi connectivity index (χ3v) is 3.79. The van der Waals surface area contributed by atoms with Crippen LogP contribution in [-0.4, -0.2) is 5.11 Å². The second-order valence-electron chi connectivity index (χ2n) is 5.44. The number of aliphatic hydroxyl groups is 1. The van der Waals surface area contributed by atoms with Crippen LogP contribution in [0.5, 0.6) is 0 Å². The van der Waals surface area contributed by atoms with Crippen molar-refractivity contribution in [2.75, 3.05) is 0 Å². The molecule has 0 amide bonds. The van der Waals surface area contributed by atoms with Gasteiger partial charge in [-0.25, -0.2) is 4.39 Å². The number of aliphatic hydroxyl groups excluding tert-OH is 1. The molecule has 1 unspecified atom stereocenters. The van der Waals surface area contributed by atoms with Crippen LogP contribution in [0.25, 0.3) is 11.0 Å². The molecular weight excluding hydrogens is 267 g/mol. The third-order valence-electron chi connectivity index (χ3n) is 3.79. The third kappa shape index (κ3) is 2.69. The van der Waals surface area contributed by atoms with E-state index in [1.54, 1.807) is 6.07 Å². The van der Waals surface area contributed by atoms with E-state index in [9.17, 15) is 9.50 Å². The number of benzene rings is 2. The van der Waals surface area contributed by atoms with Crippen molar-refractivity contribution in [3.05, 3.63) is 70.7 Å². The second kappa shape index (κ2) is 5.34. The maximum atomic E-state index is 13.3. The highest BCUT2D eigenvalue weighted by Gasteiger charge is 2.19. The smallest absolute Gasteiger partial charge is 0.137 e. The SMILES string of the molecule is Cc1ccc(CC(O)c2oc3ccc(F)cc3c2C)cc1. The van der Waals surface area contributed by atoms with Gasteiger partial charge in [0.25, 0.3) is 0 Å². The lowest BCUT2D eigenvalue weighted by molar-refractivity contribution is 0.151. The van der Waals surface area contributed by atoms with E-state index < -0.39 is 6.10 Å². The Morgan fingerprint density at radius 3 is 2.52 bits per heavy atom. The van der Waals surface area contributed by atoms with E-state index in [2.05, 4.69) is 0 Å². The summed E-state index contributed by atoms with van der Waals surface area (Å²) in [6.45, 7) is 3.87. The summed E-state index contributed by atoms with van der Waals surface area (Å²) < 4.78 is 19.0. The highest BCUT2D eigenvalue weighted by molar-refractivity contribution is 5.82. The zero-order valence-electron chi connectivity index (χ0n) is 12.1.